The number of rotatable bonds is 9. The fraction of sp³-hybridized carbons (Fsp3) is 0.233. The summed E-state index contributed by atoms with van der Waals surface area (Å²) in [5.74, 6) is -0.247. The molecule has 0 aliphatic carbocycles. The van der Waals surface area contributed by atoms with Crippen LogP contribution >= 0.6 is 0 Å². The molecule has 1 aliphatic rings. The number of hydrogen-bond acceptors (Lipinski definition) is 5. The van der Waals surface area contributed by atoms with Crippen molar-refractivity contribution in [2.75, 3.05) is 25.6 Å². The predicted octanol–water partition coefficient (Wildman–Crippen LogP) is 5.40. The van der Waals surface area contributed by atoms with Crippen molar-refractivity contribution in [2.45, 2.75) is 26.3 Å². The largest absolute Gasteiger partial charge is 0.497 e. The lowest BCUT2D eigenvalue weighted by Gasteiger charge is -2.37. The number of benzene rings is 3. The Kier molecular flexibility index (Phi) is 8.43. The van der Waals surface area contributed by atoms with E-state index in [1.165, 1.54) is 0 Å². The van der Waals surface area contributed by atoms with Gasteiger partial charge in [-0.3, -0.25) is 9.69 Å². The van der Waals surface area contributed by atoms with E-state index in [0.717, 1.165) is 5.56 Å². The van der Waals surface area contributed by atoms with Gasteiger partial charge < -0.3 is 20.1 Å². The molecule has 1 atom stereocenters. The Morgan fingerprint density at radius 2 is 1.74 bits per heavy atom. The highest BCUT2D eigenvalue weighted by Crippen LogP contribution is 2.37. The molecular weight excluding hydrogens is 482 g/mol. The third-order valence-corrected chi connectivity index (χ3v) is 6.13. The van der Waals surface area contributed by atoms with E-state index in [9.17, 15) is 14.4 Å². The summed E-state index contributed by atoms with van der Waals surface area (Å²) in [6.07, 6.45) is 0.705. The van der Waals surface area contributed by atoms with Crippen LogP contribution in [0, 0.1) is 0 Å². The molecule has 0 aromatic heterocycles. The lowest BCUT2D eigenvalue weighted by Crippen LogP contribution is -2.48. The summed E-state index contributed by atoms with van der Waals surface area (Å²) in [5, 5.41) is 5.87. The van der Waals surface area contributed by atoms with Gasteiger partial charge in [-0.05, 0) is 54.8 Å². The molecule has 0 fully saturated rings. The molecule has 2 N–H and O–H groups in total. The summed E-state index contributed by atoms with van der Waals surface area (Å²) in [6, 6.07) is 22.2. The maximum atomic E-state index is 13.4. The van der Waals surface area contributed by atoms with Crippen LogP contribution < -0.4 is 15.4 Å². The number of nitrogens with zero attached hydrogens (tertiary/aromatic N) is 1. The zero-order valence-electron chi connectivity index (χ0n) is 21.7. The van der Waals surface area contributed by atoms with E-state index in [4.69, 9.17) is 9.47 Å². The summed E-state index contributed by atoms with van der Waals surface area (Å²) in [5.41, 5.74) is 3.19. The van der Waals surface area contributed by atoms with Crippen LogP contribution in [0.2, 0.25) is 0 Å². The van der Waals surface area contributed by atoms with E-state index < -0.39 is 12.0 Å². The Morgan fingerprint density at radius 1 is 0.974 bits per heavy atom. The maximum absolute atomic E-state index is 13.4. The molecule has 0 saturated carbocycles. The molecule has 1 aliphatic heterocycles. The third-order valence-electron chi connectivity index (χ3n) is 6.13. The van der Waals surface area contributed by atoms with Crippen LogP contribution in [0.15, 0.2) is 84.4 Å². The minimum atomic E-state index is -0.779. The van der Waals surface area contributed by atoms with Crippen LogP contribution in [0.3, 0.4) is 0 Å². The van der Waals surface area contributed by atoms with Gasteiger partial charge in [-0.15, -0.1) is 0 Å². The highest BCUT2D eigenvalue weighted by atomic mass is 16.5. The highest BCUT2D eigenvalue weighted by Gasteiger charge is 2.38. The smallest absolute Gasteiger partial charge is 0.338 e. The summed E-state index contributed by atoms with van der Waals surface area (Å²) in [4.78, 5) is 41.2. The number of anilines is 1. The van der Waals surface area contributed by atoms with Gasteiger partial charge >= 0.3 is 12.0 Å². The molecule has 8 heteroatoms. The molecule has 8 nitrogen and oxygen atoms in total. The minimum Gasteiger partial charge on any atom is -0.497 e. The Balaban J connectivity index is 1.77. The lowest BCUT2D eigenvalue weighted by molar-refractivity contribution is -0.138. The van der Waals surface area contributed by atoms with Gasteiger partial charge in [0.25, 0.3) is 5.91 Å². The van der Waals surface area contributed by atoms with E-state index in [-0.39, 0.29) is 18.5 Å². The quantitative estimate of drug-likeness (QED) is 0.374. The summed E-state index contributed by atoms with van der Waals surface area (Å²) in [6.45, 7) is 4.34. The topological polar surface area (TPSA) is 97.0 Å². The SMILES string of the molecule is CCCN1C(=O)NC(c2cccc(NC(=O)c3cccc(OC)c3)c2)C(C(=O)OCC)=C1c1ccccc1. The molecule has 3 aromatic rings. The number of amides is 3. The van der Waals surface area contributed by atoms with Gasteiger partial charge in [0.2, 0.25) is 0 Å². The minimum absolute atomic E-state index is 0.190. The van der Waals surface area contributed by atoms with Gasteiger partial charge in [0.05, 0.1) is 31.0 Å². The molecule has 38 heavy (non-hydrogen) atoms. The number of carbonyl (C=O) groups is 3. The molecule has 3 amide bonds. The van der Waals surface area contributed by atoms with Crippen molar-refractivity contribution in [3.05, 3.63) is 101 Å². The Bertz CT molecular complexity index is 1350. The first-order valence-electron chi connectivity index (χ1n) is 12.6. The van der Waals surface area contributed by atoms with Crippen LogP contribution in [-0.2, 0) is 9.53 Å². The van der Waals surface area contributed by atoms with Crippen molar-refractivity contribution < 1.29 is 23.9 Å². The molecule has 0 radical (unpaired) electrons. The second kappa shape index (κ2) is 12.1. The van der Waals surface area contributed by atoms with Gasteiger partial charge in [-0.1, -0.05) is 55.5 Å². The average Bonchev–Trinajstić information content (AvgIpc) is 2.94. The summed E-state index contributed by atoms with van der Waals surface area (Å²) >= 11 is 0. The Hall–Kier alpha value is -4.59. The van der Waals surface area contributed by atoms with Gasteiger partial charge in [-0.25, -0.2) is 9.59 Å². The van der Waals surface area contributed by atoms with E-state index in [1.54, 1.807) is 61.4 Å². The van der Waals surface area contributed by atoms with E-state index >= 15 is 0 Å². The fourth-order valence-electron chi connectivity index (χ4n) is 4.44. The number of hydrogen-bond donors (Lipinski definition) is 2. The molecular formula is C30H31N3O5. The molecule has 4 rings (SSSR count). The summed E-state index contributed by atoms with van der Waals surface area (Å²) in [7, 11) is 1.54. The van der Waals surface area contributed by atoms with Crippen molar-refractivity contribution in [2.24, 2.45) is 0 Å². The Labute approximate surface area is 222 Å². The van der Waals surface area contributed by atoms with Crippen molar-refractivity contribution in [1.29, 1.82) is 0 Å². The maximum Gasteiger partial charge on any atom is 0.338 e. The predicted molar refractivity (Wildman–Crippen MR) is 146 cm³/mol. The van der Waals surface area contributed by atoms with E-state index in [0.29, 0.717) is 46.8 Å². The lowest BCUT2D eigenvalue weighted by atomic mass is 9.91. The van der Waals surface area contributed by atoms with E-state index in [2.05, 4.69) is 10.6 Å². The highest BCUT2D eigenvalue weighted by molar-refractivity contribution is 6.06. The van der Waals surface area contributed by atoms with Crippen LogP contribution in [-0.4, -0.2) is 43.1 Å². The number of carbonyl (C=O) groups excluding carboxylic acids is 3. The third kappa shape index (κ3) is 5.70. The van der Waals surface area contributed by atoms with Crippen LogP contribution in [0.1, 0.15) is 47.8 Å². The zero-order chi connectivity index (χ0) is 27.1. The molecule has 196 valence electrons. The van der Waals surface area contributed by atoms with Crippen LogP contribution in [0.4, 0.5) is 10.5 Å². The van der Waals surface area contributed by atoms with Crippen molar-refractivity contribution in [3.63, 3.8) is 0 Å². The van der Waals surface area contributed by atoms with Gasteiger partial charge in [0.15, 0.2) is 0 Å². The van der Waals surface area contributed by atoms with Crippen LogP contribution in [0.5, 0.6) is 5.75 Å². The normalized spacial score (nSPS) is 15.1. The summed E-state index contributed by atoms with van der Waals surface area (Å²) < 4.78 is 10.7. The van der Waals surface area contributed by atoms with Gasteiger partial charge in [-0.2, -0.15) is 0 Å². The number of ether oxygens (including phenoxy) is 2. The second-order valence-electron chi connectivity index (χ2n) is 8.69. The first-order valence-corrected chi connectivity index (χ1v) is 12.6. The Morgan fingerprint density at radius 3 is 2.45 bits per heavy atom. The van der Waals surface area contributed by atoms with Crippen LogP contribution in [0.25, 0.3) is 5.70 Å². The monoisotopic (exact) mass is 513 g/mol. The first kappa shape index (κ1) is 26.5. The fourth-order valence-corrected chi connectivity index (χ4v) is 4.44. The van der Waals surface area contributed by atoms with Crippen molar-refractivity contribution in [1.82, 2.24) is 10.2 Å². The molecule has 1 heterocycles. The number of methoxy groups -OCH3 is 1. The number of urea groups is 1. The number of nitrogens with one attached hydrogen (secondary N) is 2. The molecule has 1 unspecified atom stereocenters. The number of esters is 1. The second-order valence-corrected chi connectivity index (χ2v) is 8.69. The van der Waals surface area contributed by atoms with Gasteiger partial charge in [0.1, 0.15) is 5.75 Å². The zero-order valence-corrected chi connectivity index (χ0v) is 21.7. The first-order chi connectivity index (χ1) is 18.5. The molecule has 0 spiro atoms. The van der Waals surface area contributed by atoms with Gasteiger partial charge in [0, 0.05) is 17.8 Å². The molecule has 0 bridgehead atoms. The van der Waals surface area contributed by atoms with E-state index in [1.807, 2.05) is 43.3 Å². The molecule has 3 aromatic carbocycles. The molecule has 0 saturated heterocycles. The van der Waals surface area contributed by atoms with Crippen molar-refractivity contribution >= 4 is 29.3 Å². The van der Waals surface area contributed by atoms with Crippen molar-refractivity contribution in [3.8, 4) is 5.75 Å². The average molecular weight is 514 g/mol. The standard InChI is InChI=1S/C30H31N3O5/c1-4-17-33-27(20-11-7-6-8-12-20)25(29(35)38-5-2)26(32-30(33)36)21-13-9-15-23(18-21)31-28(34)22-14-10-16-24(19-22)37-3/h6-16,18-19,26H,4-5,17H2,1-3H3,(H,31,34)(H,32,36).